The first-order valence-corrected chi connectivity index (χ1v) is 6.41. The van der Waals surface area contributed by atoms with Gasteiger partial charge in [-0.05, 0) is 32.9 Å². The first-order valence-electron chi connectivity index (χ1n) is 6.41. The fraction of sp³-hybridized carbons (Fsp3) is 0.429. The molecule has 0 unspecified atom stereocenters. The fourth-order valence-corrected chi connectivity index (χ4v) is 1.77. The summed E-state index contributed by atoms with van der Waals surface area (Å²) in [5, 5.41) is 7.52. The quantitative estimate of drug-likeness (QED) is 0.897. The molecule has 0 saturated carbocycles. The van der Waals surface area contributed by atoms with Crippen LogP contribution in [0.5, 0.6) is 5.75 Å². The van der Waals surface area contributed by atoms with Crippen molar-refractivity contribution in [3.63, 3.8) is 0 Å². The van der Waals surface area contributed by atoms with E-state index in [1.165, 1.54) is 0 Å². The monoisotopic (exact) mass is 260 g/mol. The lowest BCUT2D eigenvalue weighted by Gasteiger charge is -2.14. The molecule has 0 spiro atoms. The van der Waals surface area contributed by atoms with Crippen molar-refractivity contribution in [3.05, 3.63) is 35.8 Å². The van der Waals surface area contributed by atoms with E-state index in [9.17, 15) is 0 Å². The third-order valence-electron chi connectivity index (χ3n) is 2.92. The average molecular weight is 260 g/mol. The molecule has 1 N–H and O–H groups in total. The maximum absolute atomic E-state index is 5.72. The van der Waals surface area contributed by atoms with Crippen LogP contribution in [0.2, 0.25) is 0 Å². The molecule has 0 radical (unpaired) electrons. The zero-order valence-corrected chi connectivity index (χ0v) is 11.8. The Morgan fingerprint density at radius 1 is 1.42 bits per heavy atom. The highest BCUT2D eigenvalue weighted by atomic mass is 16.5. The number of ether oxygens (including phenoxy) is 1. The summed E-state index contributed by atoms with van der Waals surface area (Å²) in [6, 6.07) is 3.80. The number of anilines is 1. The number of hydrogen-bond acceptors (Lipinski definition) is 4. The topological polar surface area (TPSA) is 52.0 Å². The second-order valence-electron chi connectivity index (χ2n) is 4.75. The van der Waals surface area contributed by atoms with Crippen molar-refractivity contribution < 1.29 is 4.74 Å². The molecule has 0 aliphatic rings. The Balaban J connectivity index is 2.09. The van der Waals surface area contributed by atoms with Gasteiger partial charge >= 0.3 is 0 Å². The lowest BCUT2D eigenvalue weighted by molar-refractivity contribution is 0.243. The average Bonchev–Trinajstić information content (AvgIpc) is 2.68. The van der Waals surface area contributed by atoms with Gasteiger partial charge in [-0.3, -0.25) is 4.68 Å². The molecule has 5 heteroatoms. The molecule has 0 aliphatic carbocycles. The number of aryl methyl sites for hydroxylation is 1. The Morgan fingerprint density at radius 2 is 2.21 bits per heavy atom. The molecule has 0 aromatic carbocycles. The molecule has 2 aromatic heterocycles. The van der Waals surface area contributed by atoms with Crippen molar-refractivity contribution in [2.24, 2.45) is 7.05 Å². The van der Waals surface area contributed by atoms with Crippen LogP contribution in [0.25, 0.3) is 0 Å². The smallest absolute Gasteiger partial charge is 0.169 e. The van der Waals surface area contributed by atoms with Gasteiger partial charge in [-0.2, -0.15) is 5.10 Å². The van der Waals surface area contributed by atoms with Gasteiger partial charge in [0.1, 0.15) is 0 Å². The van der Waals surface area contributed by atoms with E-state index in [-0.39, 0.29) is 6.10 Å². The maximum Gasteiger partial charge on any atom is 0.169 e. The van der Waals surface area contributed by atoms with Gasteiger partial charge in [-0.25, -0.2) is 4.98 Å². The lowest BCUT2D eigenvalue weighted by Crippen LogP contribution is -2.10. The minimum absolute atomic E-state index is 0.130. The first kappa shape index (κ1) is 13.4. The lowest BCUT2D eigenvalue weighted by atomic mass is 10.2. The Bertz CT molecular complexity index is 548. The molecular weight excluding hydrogens is 240 g/mol. The van der Waals surface area contributed by atoms with E-state index in [0.717, 1.165) is 22.8 Å². The first-order chi connectivity index (χ1) is 9.08. The zero-order valence-electron chi connectivity index (χ0n) is 11.8. The van der Waals surface area contributed by atoms with Crippen molar-refractivity contribution in [2.75, 3.05) is 5.32 Å². The van der Waals surface area contributed by atoms with E-state index in [1.54, 1.807) is 6.20 Å². The summed E-state index contributed by atoms with van der Waals surface area (Å²) in [5.41, 5.74) is 2.30. The SMILES string of the molecule is Cc1c(CNc2ncccc2OC(C)C)cnn1C. The van der Waals surface area contributed by atoms with Gasteiger partial charge in [-0.1, -0.05) is 0 Å². The molecule has 19 heavy (non-hydrogen) atoms. The highest BCUT2D eigenvalue weighted by Gasteiger charge is 2.08. The minimum atomic E-state index is 0.130. The third-order valence-corrected chi connectivity index (χ3v) is 2.92. The van der Waals surface area contributed by atoms with Gasteiger partial charge in [-0.15, -0.1) is 0 Å². The Kier molecular flexibility index (Phi) is 4.04. The summed E-state index contributed by atoms with van der Waals surface area (Å²) in [6.07, 6.45) is 3.75. The summed E-state index contributed by atoms with van der Waals surface area (Å²) >= 11 is 0. The highest BCUT2D eigenvalue weighted by Crippen LogP contribution is 2.23. The molecule has 2 rings (SSSR count). The number of nitrogens with zero attached hydrogens (tertiary/aromatic N) is 3. The van der Waals surface area contributed by atoms with Crippen LogP contribution in [0, 0.1) is 6.92 Å². The largest absolute Gasteiger partial charge is 0.487 e. The van der Waals surface area contributed by atoms with Crippen molar-refractivity contribution in [1.82, 2.24) is 14.8 Å². The fourth-order valence-electron chi connectivity index (χ4n) is 1.77. The Labute approximate surface area is 113 Å². The van der Waals surface area contributed by atoms with E-state index >= 15 is 0 Å². The van der Waals surface area contributed by atoms with Gasteiger partial charge in [0.2, 0.25) is 0 Å². The normalized spacial score (nSPS) is 10.8. The molecule has 0 amide bonds. The van der Waals surface area contributed by atoms with Crippen molar-refractivity contribution in [1.29, 1.82) is 0 Å². The molecule has 0 bridgehead atoms. The number of pyridine rings is 1. The van der Waals surface area contributed by atoms with E-state index in [0.29, 0.717) is 6.54 Å². The highest BCUT2D eigenvalue weighted by molar-refractivity contribution is 5.50. The predicted octanol–water partition coefficient (Wildman–Crippen LogP) is 2.52. The number of nitrogens with one attached hydrogen (secondary N) is 1. The summed E-state index contributed by atoms with van der Waals surface area (Å²) < 4.78 is 7.59. The summed E-state index contributed by atoms with van der Waals surface area (Å²) in [5.74, 6) is 1.54. The van der Waals surface area contributed by atoms with E-state index in [1.807, 2.05) is 50.8 Å². The molecule has 0 atom stereocenters. The van der Waals surface area contributed by atoms with Crippen LogP contribution in [-0.4, -0.2) is 20.9 Å². The van der Waals surface area contributed by atoms with E-state index < -0.39 is 0 Å². The molecule has 2 heterocycles. The van der Waals surface area contributed by atoms with Crippen LogP contribution < -0.4 is 10.1 Å². The third kappa shape index (κ3) is 3.24. The van der Waals surface area contributed by atoms with Crippen molar-refractivity contribution >= 4 is 5.82 Å². The Morgan fingerprint density at radius 3 is 2.84 bits per heavy atom. The summed E-state index contributed by atoms with van der Waals surface area (Å²) in [7, 11) is 1.94. The number of hydrogen-bond donors (Lipinski definition) is 1. The summed E-state index contributed by atoms with van der Waals surface area (Å²) in [4.78, 5) is 4.32. The van der Waals surface area contributed by atoms with Crippen molar-refractivity contribution in [2.45, 2.75) is 33.4 Å². The molecule has 2 aromatic rings. The zero-order chi connectivity index (χ0) is 13.8. The van der Waals surface area contributed by atoms with Gasteiger partial charge in [0.15, 0.2) is 11.6 Å². The second-order valence-corrected chi connectivity index (χ2v) is 4.75. The Hall–Kier alpha value is -2.04. The van der Waals surface area contributed by atoms with Crippen LogP contribution in [0.15, 0.2) is 24.5 Å². The predicted molar refractivity (Wildman–Crippen MR) is 75.3 cm³/mol. The van der Waals surface area contributed by atoms with Gasteiger partial charge in [0.05, 0.1) is 12.3 Å². The van der Waals surface area contributed by atoms with Crippen LogP contribution in [0.1, 0.15) is 25.1 Å². The van der Waals surface area contributed by atoms with Crippen LogP contribution in [0.3, 0.4) is 0 Å². The number of aromatic nitrogens is 3. The van der Waals surface area contributed by atoms with Gasteiger partial charge in [0.25, 0.3) is 0 Å². The van der Waals surface area contributed by atoms with Gasteiger partial charge in [0, 0.05) is 31.0 Å². The molecule has 0 aliphatic heterocycles. The molecule has 0 saturated heterocycles. The van der Waals surface area contributed by atoms with Crippen LogP contribution in [0.4, 0.5) is 5.82 Å². The molecular formula is C14H20N4O. The van der Waals surface area contributed by atoms with E-state index in [4.69, 9.17) is 4.74 Å². The molecule has 0 fully saturated rings. The van der Waals surface area contributed by atoms with Gasteiger partial charge < -0.3 is 10.1 Å². The number of rotatable bonds is 5. The minimum Gasteiger partial charge on any atom is -0.487 e. The summed E-state index contributed by atoms with van der Waals surface area (Å²) in [6.45, 7) is 6.74. The second kappa shape index (κ2) is 5.73. The molecule has 5 nitrogen and oxygen atoms in total. The van der Waals surface area contributed by atoms with Crippen LogP contribution >= 0.6 is 0 Å². The molecule has 102 valence electrons. The maximum atomic E-state index is 5.72. The van der Waals surface area contributed by atoms with Crippen LogP contribution in [-0.2, 0) is 13.6 Å². The standard InChI is InChI=1S/C14H20N4O/c1-10(2)19-13-6-5-7-15-14(13)16-8-12-9-17-18(4)11(12)3/h5-7,9-10H,8H2,1-4H3,(H,15,16). The van der Waals surface area contributed by atoms with E-state index in [2.05, 4.69) is 15.4 Å². The van der Waals surface area contributed by atoms with Crippen molar-refractivity contribution in [3.8, 4) is 5.75 Å².